The first-order valence-electron chi connectivity index (χ1n) is 5.76. The highest BCUT2D eigenvalue weighted by Gasteiger charge is 2.09. The highest BCUT2D eigenvalue weighted by molar-refractivity contribution is 6.02. The van der Waals surface area contributed by atoms with Gasteiger partial charge in [-0.05, 0) is 43.3 Å². The van der Waals surface area contributed by atoms with Crippen molar-refractivity contribution < 1.29 is 14.3 Å². The second kappa shape index (κ2) is 5.89. The average Bonchev–Trinajstić information content (AvgIpc) is 2.85. The molecular formula is C15H13NO3. The van der Waals surface area contributed by atoms with E-state index in [0.29, 0.717) is 11.4 Å². The Hall–Kier alpha value is -2.51. The molecule has 1 aromatic carbocycles. The summed E-state index contributed by atoms with van der Waals surface area (Å²) in [4.78, 5) is 11.8. The molecule has 0 atom stereocenters. The first kappa shape index (κ1) is 12.9. The van der Waals surface area contributed by atoms with Crippen molar-refractivity contribution in [2.24, 2.45) is 0 Å². The molecule has 0 unspecified atom stereocenters. The van der Waals surface area contributed by atoms with Gasteiger partial charge in [0.2, 0.25) is 0 Å². The van der Waals surface area contributed by atoms with Crippen molar-refractivity contribution in [3.63, 3.8) is 0 Å². The number of aliphatic hydroxyl groups excluding tert-OH is 1. The summed E-state index contributed by atoms with van der Waals surface area (Å²) in [5, 5.41) is 11.3. The van der Waals surface area contributed by atoms with Crippen LogP contribution in [0.25, 0.3) is 0 Å². The van der Waals surface area contributed by atoms with Gasteiger partial charge in [0.05, 0.1) is 0 Å². The molecule has 0 saturated heterocycles. The van der Waals surface area contributed by atoms with Crippen LogP contribution in [-0.2, 0) is 0 Å². The highest BCUT2D eigenvalue weighted by atomic mass is 16.3. The van der Waals surface area contributed by atoms with E-state index in [1.54, 1.807) is 43.3 Å². The van der Waals surface area contributed by atoms with Crippen LogP contribution in [0.2, 0.25) is 0 Å². The number of rotatable bonds is 2. The van der Waals surface area contributed by atoms with Crippen LogP contribution in [0.4, 0.5) is 5.69 Å². The maximum absolute atomic E-state index is 11.8. The number of hydrogen-bond acceptors (Lipinski definition) is 3. The molecule has 0 spiro atoms. The minimum Gasteiger partial charge on any atom is -0.456 e. The van der Waals surface area contributed by atoms with Crippen molar-refractivity contribution in [1.82, 2.24) is 0 Å². The molecule has 1 amide bonds. The van der Waals surface area contributed by atoms with Crippen LogP contribution in [0, 0.1) is 18.8 Å². The molecule has 2 rings (SSSR count). The summed E-state index contributed by atoms with van der Waals surface area (Å²) in [6.45, 7) is 1.61. The molecule has 2 aromatic rings. The fraction of sp³-hybridized carbons (Fsp3) is 0.133. The molecule has 2 N–H and O–H groups in total. The van der Waals surface area contributed by atoms with Gasteiger partial charge in [0, 0.05) is 11.3 Å². The van der Waals surface area contributed by atoms with Gasteiger partial charge in [-0.15, -0.1) is 0 Å². The summed E-state index contributed by atoms with van der Waals surface area (Å²) in [6.07, 6.45) is 0. The van der Waals surface area contributed by atoms with E-state index in [1.165, 1.54) is 0 Å². The Kier molecular flexibility index (Phi) is 4.01. The van der Waals surface area contributed by atoms with Gasteiger partial charge in [-0.2, -0.15) is 0 Å². The van der Waals surface area contributed by atoms with Gasteiger partial charge >= 0.3 is 0 Å². The van der Waals surface area contributed by atoms with Crippen LogP contribution < -0.4 is 5.32 Å². The zero-order chi connectivity index (χ0) is 13.7. The van der Waals surface area contributed by atoms with Crippen molar-refractivity contribution in [3.05, 3.63) is 53.5 Å². The Balaban J connectivity index is 2.05. The normalized spacial score (nSPS) is 9.58. The molecule has 0 fully saturated rings. The zero-order valence-corrected chi connectivity index (χ0v) is 10.4. The Morgan fingerprint density at radius 2 is 2.00 bits per heavy atom. The lowest BCUT2D eigenvalue weighted by Crippen LogP contribution is -2.10. The molecule has 0 aliphatic heterocycles. The molecule has 19 heavy (non-hydrogen) atoms. The molecule has 4 heteroatoms. The number of furan rings is 1. The van der Waals surface area contributed by atoms with E-state index >= 15 is 0 Å². The summed E-state index contributed by atoms with van der Waals surface area (Å²) in [5.41, 5.74) is 1.44. The van der Waals surface area contributed by atoms with Gasteiger partial charge in [-0.1, -0.05) is 11.8 Å². The standard InChI is InChI=1S/C15H13NO3/c1-11-4-9-14(19-11)15(18)16-13-7-5-12(6-8-13)3-2-10-17/h4-9,17H,10H2,1H3,(H,16,18). The summed E-state index contributed by atoms with van der Waals surface area (Å²) < 4.78 is 5.23. The molecule has 0 saturated carbocycles. The summed E-state index contributed by atoms with van der Waals surface area (Å²) in [5.74, 6) is 6.02. The first-order valence-corrected chi connectivity index (χ1v) is 5.76. The lowest BCUT2D eigenvalue weighted by molar-refractivity contribution is 0.0995. The van der Waals surface area contributed by atoms with Gasteiger partial charge in [0.1, 0.15) is 12.4 Å². The van der Waals surface area contributed by atoms with E-state index in [0.717, 1.165) is 5.56 Å². The minimum atomic E-state index is -0.290. The van der Waals surface area contributed by atoms with Crippen molar-refractivity contribution in [3.8, 4) is 11.8 Å². The predicted molar refractivity (Wildman–Crippen MR) is 71.8 cm³/mol. The molecule has 0 aliphatic carbocycles. The van der Waals surface area contributed by atoms with E-state index in [9.17, 15) is 4.79 Å². The topological polar surface area (TPSA) is 62.5 Å². The van der Waals surface area contributed by atoms with E-state index in [2.05, 4.69) is 17.2 Å². The van der Waals surface area contributed by atoms with Gasteiger partial charge in [-0.25, -0.2) is 0 Å². The van der Waals surface area contributed by atoms with Crippen molar-refractivity contribution in [1.29, 1.82) is 0 Å². The van der Waals surface area contributed by atoms with Crippen molar-refractivity contribution >= 4 is 11.6 Å². The van der Waals surface area contributed by atoms with Crippen LogP contribution in [-0.4, -0.2) is 17.6 Å². The number of benzene rings is 1. The van der Waals surface area contributed by atoms with Crippen LogP contribution in [0.5, 0.6) is 0 Å². The number of nitrogens with one attached hydrogen (secondary N) is 1. The number of hydrogen-bond donors (Lipinski definition) is 2. The van der Waals surface area contributed by atoms with Crippen LogP contribution in [0.3, 0.4) is 0 Å². The van der Waals surface area contributed by atoms with Gasteiger partial charge in [0.15, 0.2) is 5.76 Å². The number of carbonyl (C=O) groups is 1. The average molecular weight is 255 g/mol. The lowest BCUT2D eigenvalue weighted by atomic mass is 10.2. The SMILES string of the molecule is Cc1ccc(C(=O)Nc2ccc(C#CCO)cc2)o1. The fourth-order valence-electron chi connectivity index (χ4n) is 1.53. The largest absolute Gasteiger partial charge is 0.456 e. The molecular weight excluding hydrogens is 242 g/mol. The minimum absolute atomic E-state index is 0.170. The number of aryl methyl sites for hydroxylation is 1. The molecule has 4 nitrogen and oxygen atoms in total. The third-order valence-electron chi connectivity index (χ3n) is 2.42. The van der Waals surface area contributed by atoms with E-state index < -0.39 is 0 Å². The number of carbonyl (C=O) groups excluding carboxylic acids is 1. The highest BCUT2D eigenvalue weighted by Crippen LogP contribution is 2.12. The molecule has 0 radical (unpaired) electrons. The smallest absolute Gasteiger partial charge is 0.291 e. The van der Waals surface area contributed by atoms with Crippen molar-refractivity contribution in [2.75, 3.05) is 11.9 Å². The first-order chi connectivity index (χ1) is 9.19. The van der Waals surface area contributed by atoms with Gasteiger partial charge in [0.25, 0.3) is 5.91 Å². The van der Waals surface area contributed by atoms with Crippen molar-refractivity contribution in [2.45, 2.75) is 6.92 Å². The predicted octanol–water partition coefficient (Wildman–Crippen LogP) is 2.18. The van der Waals surface area contributed by atoms with E-state index in [4.69, 9.17) is 9.52 Å². The van der Waals surface area contributed by atoms with Gasteiger partial charge < -0.3 is 14.8 Å². The maximum Gasteiger partial charge on any atom is 0.291 e. The molecule has 1 heterocycles. The molecule has 1 aromatic heterocycles. The van der Waals surface area contributed by atoms with Crippen LogP contribution in [0.15, 0.2) is 40.8 Å². The second-order valence-corrected chi connectivity index (χ2v) is 3.90. The van der Waals surface area contributed by atoms with Crippen LogP contribution >= 0.6 is 0 Å². The summed E-state index contributed by atoms with van der Waals surface area (Å²) in [6, 6.07) is 10.4. The number of amides is 1. The summed E-state index contributed by atoms with van der Waals surface area (Å²) in [7, 11) is 0. The second-order valence-electron chi connectivity index (χ2n) is 3.90. The number of anilines is 1. The maximum atomic E-state index is 11.8. The van der Waals surface area contributed by atoms with E-state index in [-0.39, 0.29) is 18.3 Å². The summed E-state index contributed by atoms with van der Waals surface area (Å²) >= 11 is 0. The molecule has 0 aliphatic rings. The Morgan fingerprint density at radius 1 is 1.26 bits per heavy atom. The Bertz CT molecular complexity index is 629. The number of aliphatic hydroxyl groups is 1. The Labute approximate surface area is 111 Å². The monoisotopic (exact) mass is 255 g/mol. The third kappa shape index (κ3) is 3.47. The Morgan fingerprint density at radius 3 is 2.58 bits per heavy atom. The molecule has 96 valence electrons. The van der Waals surface area contributed by atoms with Crippen LogP contribution in [0.1, 0.15) is 21.9 Å². The van der Waals surface area contributed by atoms with E-state index in [1.807, 2.05) is 0 Å². The zero-order valence-electron chi connectivity index (χ0n) is 10.4. The third-order valence-corrected chi connectivity index (χ3v) is 2.42. The quantitative estimate of drug-likeness (QED) is 0.808. The van der Waals surface area contributed by atoms with Gasteiger partial charge in [-0.3, -0.25) is 4.79 Å². The molecule has 0 bridgehead atoms. The fourth-order valence-corrected chi connectivity index (χ4v) is 1.53. The lowest BCUT2D eigenvalue weighted by Gasteiger charge is -2.02.